The van der Waals surface area contributed by atoms with Crippen LogP contribution in [0.5, 0.6) is 0 Å². The van der Waals surface area contributed by atoms with Crippen LogP contribution in [0.2, 0.25) is 0 Å². The van der Waals surface area contributed by atoms with Crippen LogP contribution in [0.1, 0.15) is 17.5 Å². The SMILES string of the molecule is COCC(=O)N(c1c(C)c(C)cc2ccccc12)[C@@H](CCO)C(=O)OC. The molecule has 2 aromatic rings. The molecule has 140 valence electrons. The Morgan fingerprint density at radius 2 is 1.88 bits per heavy atom. The van der Waals surface area contributed by atoms with Crippen LogP contribution in [0.3, 0.4) is 0 Å². The number of rotatable bonds is 7. The number of methoxy groups -OCH3 is 2. The minimum absolute atomic E-state index is 0.0733. The molecule has 0 unspecified atom stereocenters. The van der Waals surface area contributed by atoms with Crippen molar-refractivity contribution in [1.82, 2.24) is 0 Å². The topological polar surface area (TPSA) is 76.1 Å². The number of amides is 1. The van der Waals surface area contributed by atoms with E-state index in [4.69, 9.17) is 9.47 Å². The lowest BCUT2D eigenvalue weighted by atomic mass is 9.97. The fourth-order valence-corrected chi connectivity index (χ4v) is 3.14. The molecule has 0 saturated heterocycles. The molecule has 1 amide bonds. The van der Waals surface area contributed by atoms with Crippen molar-refractivity contribution in [1.29, 1.82) is 0 Å². The highest BCUT2D eigenvalue weighted by Gasteiger charge is 2.33. The zero-order chi connectivity index (χ0) is 19.3. The van der Waals surface area contributed by atoms with E-state index < -0.39 is 12.0 Å². The highest BCUT2D eigenvalue weighted by Crippen LogP contribution is 2.35. The number of aliphatic hydroxyl groups is 1. The maximum Gasteiger partial charge on any atom is 0.329 e. The first kappa shape index (κ1) is 19.9. The molecule has 0 radical (unpaired) electrons. The maximum atomic E-state index is 12.9. The van der Waals surface area contributed by atoms with Gasteiger partial charge in [-0.05, 0) is 30.4 Å². The van der Waals surface area contributed by atoms with E-state index in [1.165, 1.54) is 19.1 Å². The lowest BCUT2D eigenvalue weighted by Crippen LogP contribution is -2.48. The van der Waals surface area contributed by atoms with Gasteiger partial charge in [0.25, 0.3) is 5.91 Å². The van der Waals surface area contributed by atoms with Crippen LogP contribution in [0, 0.1) is 13.8 Å². The highest BCUT2D eigenvalue weighted by molar-refractivity contribution is 6.08. The van der Waals surface area contributed by atoms with E-state index in [0.717, 1.165) is 21.9 Å². The van der Waals surface area contributed by atoms with Crippen molar-refractivity contribution < 1.29 is 24.2 Å². The molecular weight excluding hydrogens is 334 g/mol. The summed E-state index contributed by atoms with van der Waals surface area (Å²) >= 11 is 0. The summed E-state index contributed by atoms with van der Waals surface area (Å²) in [6.45, 7) is 3.45. The molecule has 0 aliphatic carbocycles. The van der Waals surface area contributed by atoms with Gasteiger partial charge in [0, 0.05) is 25.5 Å². The number of benzene rings is 2. The Morgan fingerprint density at radius 3 is 2.50 bits per heavy atom. The van der Waals surface area contributed by atoms with Gasteiger partial charge in [-0.2, -0.15) is 0 Å². The quantitative estimate of drug-likeness (QED) is 0.768. The smallest absolute Gasteiger partial charge is 0.329 e. The van der Waals surface area contributed by atoms with Crippen molar-refractivity contribution in [2.75, 3.05) is 32.3 Å². The number of hydrogen-bond donors (Lipinski definition) is 1. The Kier molecular flexibility index (Phi) is 6.71. The highest BCUT2D eigenvalue weighted by atomic mass is 16.5. The van der Waals surface area contributed by atoms with Gasteiger partial charge >= 0.3 is 5.97 Å². The molecule has 0 aliphatic rings. The Morgan fingerprint density at radius 1 is 1.19 bits per heavy atom. The zero-order valence-corrected chi connectivity index (χ0v) is 15.6. The van der Waals surface area contributed by atoms with Crippen LogP contribution in [0.25, 0.3) is 10.8 Å². The summed E-state index contributed by atoms with van der Waals surface area (Å²) in [4.78, 5) is 26.7. The normalized spacial score (nSPS) is 12.0. The van der Waals surface area contributed by atoms with Crippen LogP contribution < -0.4 is 4.90 Å². The zero-order valence-electron chi connectivity index (χ0n) is 15.6. The van der Waals surface area contributed by atoms with Crippen molar-refractivity contribution in [3.8, 4) is 0 Å². The van der Waals surface area contributed by atoms with Crippen molar-refractivity contribution in [2.24, 2.45) is 0 Å². The fraction of sp³-hybridized carbons (Fsp3) is 0.400. The number of carbonyl (C=O) groups excluding carboxylic acids is 2. The van der Waals surface area contributed by atoms with Crippen LogP contribution in [-0.4, -0.2) is 50.5 Å². The van der Waals surface area contributed by atoms with Crippen molar-refractivity contribution in [2.45, 2.75) is 26.3 Å². The number of ether oxygens (including phenoxy) is 2. The first-order valence-corrected chi connectivity index (χ1v) is 8.44. The predicted molar refractivity (Wildman–Crippen MR) is 100 cm³/mol. The molecule has 6 heteroatoms. The van der Waals surface area contributed by atoms with E-state index >= 15 is 0 Å². The second-order valence-electron chi connectivity index (χ2n) is 6.14. The Labute approximate surface area is 153 Å². The third kappa shape index (κ3) is 3.86. The molecule has 26 heavy (non-hydrogen) atoms. The second-order valence-corrected chi connectivity index (χ2v) is 6.14. The minimum atomic E-state index is -0.934. The maximum absolute atomic E-state index is 12.9. The van der Waals surface area contributed by atoms with Crippen molar-refractivity contribution in [3.63, 3.8) is 0 Å². The molecule has 0 bridgehead atoms. The standard InChI is InChI=1S/C20H25NO5/c1-13-11-15-7-5-6-8-16(15)19(14(13)2)21(18(23)12-25-3)17(9-10-22)20(24)26-4/h5-8,11,17,22H,9-10,12H2,1-4H3/t17-/m0/s1. The van der Waals surface area contributed by atoms with E-state index in [1.807, 2.05) is 44.2 Å². The van der Waals surface area contributed by atoms with E-state index in [1.54, 1.807) is 0 Å². The number of nitrogens with zero attached hydrogens (tertiary/aromatic N) is 1. The third-order valence-electron chi connectivity index (χ3n) is 4.50. The molecule has 0 fully saturated rings. The van der Waals surface area contributed by atoms with Gasteiger partial charge in [-0.1, -0.05) is 30.3 Å². The molecule has 0 aliphatic heterocycles. The second kappa shape index (κ2) is 8.78. The van der Waals surface area contributed by atoms with Crippen LogP contribution in [0.15, 0.2) is 30.3 Å². The molecule has 1 atom stereocenters. The van der Waals surface area contributed by atoms with E-state index in [9.17, 15) is 14.7 Å². The molecule has 0 spiro atoms. The number of hydrogen-bond acceptors (Lipinski definition) is 5. The van der Waals surface area contributed by atoms with Gasteiger partial charge in [0.1, 0.15) is 12.6 Å². The number of anilines is 1. The van der Waals surface area contributed by atoms with Crippen LogP contribution >= 0.6 is 0 Å². The number of carbonyl (C=O) groups is 2. The summed E-state index contributed by atoms with van der Waals surface area (Å²) in [5.41, 5.74) is 2.54. The number of fused-ring (bicyclic) bond motifs is 1. The predicted octanol–water partition coefficient (Wildman–Crippen LogP) is 2.36. The van der Waals surface area contributed by atoms with Gasteiger partial charge in [-0.15, -0.1) is 0 Å². The monoisotopic (exact) mass is 359 g/mol. The van der Waals surface area contributed by atoms with Gasteiger partial charge in [-0.3, -0.25) is 9.69 Å². The third-order valence-corrected chi connectivity index (χ3v) is 4.50. The summed E-state index contributed by atoms with van der Waals surface area (Å²) in [6, 6.07) is 8.80. The summed E-state index contributed by atoms with van der Waals surface area (Å²) in [5, 5.41) is 11.3. The van der Waals surface area contributed by atoms with Gasteiger partial charge in [0.15, 0.2) is 0 Å². The number of aliphatic hydroxyl groups excluding tert-OH is 1. The van der Waals surface area contributed by atoms with Crippen LogP contribution in [0.4, 0.5) is 5.69 Å². The molecular formula is C20H25NO5. The first-order valence-electron chi connectivity index (χ1n) is 8.44. The fourth-order valence-electron chi connectivity index (χ4n) is 3.14. The molecule has 2 rings (SSSR count). The summed E-state index contributed by atoms with van der Waals surface area (Å²) < 4.78 is 9.92. The minimum Gasteiger partial charge on any atom is -0.467 e. The molecule has 0 heterocycles. The van der Waals surface area contributed by atoms with Crippen molar-refractivity contribution >= 4 is 28.3 Å². The van der Waals surface area contributed by atoms with E-state index in [0.29, 0.717) is 5.69 Å². The summed E-state index contributed by atoms with van der Waals surface area (Å²) in [7, 11) is 2.70. The van der Waals surface area contributed by atoms with E-state index in [-0.39, 0.29) is 25.5 Å². The lowest BCUT2D eigenvalue weighted by molar-refractivity contribution is -0.144. The molecule has 2 aromatic carbocycles. The van der Waals surface area contributed by atoms with Gasteiger partial charge in [0.05, 0.1) is 12.8 Å². The van der Waals surface area contributed by atoms with Crippen molar-refractivity contribution in [3.05, 3.63) is 41.5 Å². The van der Waals surface area contributed by atoms with Crippen LogP contribution in [-0.2, 0) is 19.1 Å². The Balaban J connectivity index is 2.77. The summed E-state index contributed by atoms with van der Waals surface area (Å²) in [6.07, 6.45) is 0.0733. The number of esters is 1. The average molecular weight is 359 g/mol. The van der Waals surface area contributed by atoms with Gasteiger partial charge < -0.3 is 14.6 Å². The molecule has 6 nitrogen and oxygen atoms in total. The van der Waals surface area contributed by atoms with Gasteiger partial charge in [-0.25, -0.2) is 4.79 Å². The van der Waals surface area contributed by atoms with Gasteiger partial charge in [0.2, 0.25) is 0 Å². The lowest BCUT2D eigenvalue weighted by Gasteiger charge is -2.32. The Bertz CT molecular complexity index is 802. The summed E-state index contributed by atoms with van der Waals surface area (Å²) in [5.74, 6) is -0.941. The number of aryl methyl sites for hydroxylation is 1. The molecule has 0 saturated carbocycles. The largest absolute Gasteiger partial charge is 0.467 e. The average Bonchev–Trinajstić information content (AvgIpc) is 2.63. The molecule has 0 aromatic heterocycles. The Hall–Kier alpha value is -2.44. The molecule has 1 N–H and O–H groups in total. The first-order chi connectivity index (χ1) is 12.5. The van der Waals surface area contributed by atoms with E-state index in [2.05, 4.69) is 0 Å².